The van der Waals surface area contributed by atoms with Gasteiger partial charge < -0.3 is 10.0 Å². The third-order valence-electron chi connectivity index (χ3n) is 3.30. The third kappa shape index (κ3) is 1.96. The molecule has 0 radical (unpaired) electrons. The van der Waals surface area contributed by atoms with Crippen molar-refractivity contribution in [1.29, 1.82) is 10.5 Å². The molecule has 0 aromatic heterocycles. The standard InChI is InChI=1S/C13H15N3O2/c1-8-10(5-14)13(3,4)11(6-15)9(2)16(8)7-12(17)18/h7H2,1-4H3,(H,17,18). The molecule has 1 heterocycles. The van der Waals surface area contributed by atoms with Gasteiger partial charge in [0, 0.05) is 16.8 Å². The summed E-state index contributed by atoms with van der Waals surface area (Å²) in [6.45, 7) is 6.77. The minimum absolute atomic E-state index is 0.246. The maximum Gasteiger partial charge on any atom is 0.323 e. The molecule has 1 aliphatic heterocycles. The van der Waals surface area contributed by atoms with Gasteiger partial charge in [-0.2, -0.15) is 10.5 Å². The van der Waals surface area contributed by atoms with E-state index in [9.17, 15) is 15.3 Å². The van der Waals surface area contributed by atoms with Gasteiger partial charge in [-0.25, -0.2) is 0 Å². The molecule has 0 aliphatic carbocycles. The van der Waals surface area contributed by atoms with Crippen LogP contribution in [0.5, 0.6) is 0 Å². The molecule has 1 aliphatic rings. The van der Waals surface area contributed by atoms with Crippen molar-refractivity contribution < 1.29 is 9.90 Å². The van der Waals surface area contributed by atoms with Gasteiger partial charge in [0.2, 0.25) is 0 Å². The molecule has 0 spiro atoms. The Morgan fingerprint density at radius 1 is 1.22 bits per heavy atom. The second-order valence-electron chi connectivity index (χ2n) is 4.75. The summed E-state index contributed by atoms with van der Waals surface area (Å²) in [4.78, 5) is 12.4. The highest BCUT2D eigenvalue weighted by Crippen LogP contribution is 2.43. The molecule has 0 aromatic rings. The number of allylic oxidation sites excluding steroid dienone is 4. The Morgan fingerprint density at radius 2 is 1.61 bits per heavy atom. The van der Waals surface area contributed by atoms with Crippen LogP contribution in [0.4, 0.5) is 0 Å². The third-order valence-corrected chi connectivity index (χ3v) is 3.30. The first-order chi connectivity index (χ1) is 8.27. The molecule has 0 fully saturated rings. The maximum atomic E-state index is 10.9. The first kappa shape index (κ1) is 13.8. The smallest absolute Gasteiger partial charge is 0.323 e. The van der Waals surface area contributed by atoms with Gasteiger partial charge in [0.15, 0.2) is 0 Å². The Kier molecular flexibility index (Phi) is 3.48. The number of aliphatic carboxylic acids is 1. The summed E-state index contributed by atoms with van der Waals surface area (Å²) in [5.41, 5.74) is 1.40. The van der Waals surface area contributed by atoms with Gasteiger partial charge >= 0.3 is 5.97 Å². The lowest BCUT2D eigenvalue weighted by molar-refractivity contribution is -0.137. The van der Waals surface area contributed by atoms with Gasteiger partial charge in [0.1, 0.15) is 6.54 Å². The van der Waals surface area contributed by atoms with Crippen LogP contribution in [0.1, 0.15) is 27.7 Å². The fraction of sp³-hybridized carbons (Fsp3) is 0.462. The van der Waals surface area contributed by atoms with Gasteiger partial charge in [0.25, 0.3) is 0 Å². The normalized spacial score (nSPS) is 18.4. The molecule has 0 bridgehead atoms. The van der Waals surface area contributed by atoms with E-state index in [-0.39, 0.29) is 6.54 Å². The van der Waals surface area contributed by atoms with E-state index in [0.717, 1.165) is 0 Å². The van der Waals surface area contributed by atoms with E-state index in [0.29, 0.717) is 22.5 Å². The lowest BCUT2D eigenvalue weighted by Crippen LogP contribution is -2.36. The number of carboxylic acids is 1. The quantitative estimate of drug-likeness (QED) is 0.803. The molecule has 0 saturated carbocycles. The number of carboxylic acid groups (broad SMARTS) is 1. The highest BCUT2D eigenvalue weighted by atomic mass is 16.4. The Hall–Kier alpha value is -2.27. The molecule has 0 atom stereocenters. The largest absolute Gasteiger partial charge is 0.480 e. The number of hydrogen-bond donors (Lipinski definition) is 1. The average molecular weight is 245 g/mol. The van der Waals surface area contributed by atoms with Crippen molar-refractivity contribution in [1.82, 2.24) is 4.90 Å². The number of carbonyl (C=O) groups is 1. The van der Waals surface area contributed by atoms with Gasteiger partial charge in [-0.15, -0.1) is 0 Å². The average Bonchev–Trinajstić information content (AvgIpc) is 2.24. The van der Waals surface area contributed by atoms with Crippen LogP contribution < -0.4 is 0 Å². The van der Waals surface area contributed by atoms with Gasteiger partial charge in [0.05, 0.1) is 23.3 Å². The first-order valence-electron chi connectivity index (χ1n) is 5.49. The lowest BCUT2D eigenvalue weighted by Gasteiger charge is -2.38. The van der Waals surface area contributed by atoms with E-state index in [1.54, 1.807) is 27.7 Å². The zero-order chi connectivity index (χ0) is 14.1. The fourth-order valence-corrected chi connectivity index (χ4v) is 2.36. The van der Waals surface area contributed by atoms with E-state index < -0.39 is 11.4 Å². The van der Waals surface area contributed by atoms with E-state index in [4.69, 9.17) is 5.11 Å². The van der Waals surface area contributed by atoms with Crippen molar-refractivity contribution in [2.75, 3.05) is 6.54 Å². The van der Waals surface area contributed by atoms with Gasteiger partial charge in [-0.05, 0) is 13.8 Å². The number of hydrogen-bond acceptors (Lipinski definition) is 4. The van der Waals surface area contributed by atoms with Crippen molar-refractivity contribution in [3.63, 3.8) is 0 Å². The lowest BCUT2D eigenvalue weighted by atomic mass is 9.74. The molecule has 0 amide bonds. The molecule has 5 heteroatoms. The summed E-state index contributed by atoms with van der Waals surface area (Å²) in [7, 11) is 0. The molecule has 1 N–H and O–H groups in total. The minimum atomic E-state index is -0.997. The van der Waals surface area contributed by atoms with Gasteiger partial charge in [-0.1, -0.05) is 13.8 Å². The van der Waals surface area contributed by atoms with Gasteiger partial charge in [-0.3, -0.25) is 4.79 Å². The molecule has 0 saturated heterocycles. The predicted octanol–water partition coefficient (Wildman–Crippen LogP) is 2.01. The molecule has 0 aromatic carbocycles. The Morgan fingerprint density at radius 3 is 1.89 bits per heavy atom. The van der Waals surface area contributed by atoms with Crippen LogP contribution in [-0.2, 0) is 4.79 Å². The number of nitriles is 2. The number of rotatable bonds is 2. The maximum absolute atomic E-state index is 10.9. The van der Waals surface area contributed by atoms with Crippen molar-refractivity contribution in [3.05, 3.63) is 22.5 Å². The van der Waals surface area contributed by atoms with Crippen molar-refractivity contribution >= 4 is 5.97 Å². The zero-order valence-electron chi connectivity index (χ0n) is 10.9. The summed E-state index contributed by atoms with van der Waals surface area (Å²) in [6.07, 6.45) is 0. The summed E-state index contributed by atoms with van der Waals surface area (Å²) >= 11 is 0. The highest BCUT2D eigenvalue weighted by Gasteiger charge is 2.38. The summed E-state index contributed by atoms with van der Waals surface area (Å²) < 4.78 is 0. The Balaban J connectivity index is 3.48. The van der Waals surface area contributed by atoms with Crippen LogP contribution in [0.3, 0.4) is 0 Å². The van der Waals surface area contributed by atoms with Crippen molar-refractivity contribution in [3.8, 4) is 12.1 Å². The number of nitrogens with zero attached hydrogens (tertiary/aromatic N) is 3. The molecule has 18 heavy (non-hydrogen) atoms. The van der Waals surface area contributed by atoms with Crippen LogP contribution in [0.15, 0.2) is 22.5 Å². The molecular weight excluding hydrogens is 230 g/mol. The van der Waals surface area contributed by atoms with Crippen molar-refractivity contribution in [2.24, 2.45) is 5.41 Å². The van der Waals surface area contributed by atoms with Crippen LogP contribution in [-0.4, -0.2) is 22.5 Å². The van der Waals surface area contributed by atoms with E-state index in [1.807, 2.05) is 0 Å². The summed E-state index contributed by atoms with van der Waals surface area (Å²) in [5.74, 6) is -0.997. The monoisotopic (exact) mass is 245 g/mol. The van der Waals surface area contributed by atoms with Crippen LogP contribution >= 0.6 is 0 Å². The highest BCUT2D eigenvalue weighted by molar-refractivity contribution is 5.70. The van der Waals surface area contributed by atoms with Crippen LogP contribution in [0, 0.1) is 28.1 Å². The topological polar surface area (TPSA) is 88.1 Å². The summed E-state index contributed by atoms with van der Waals surface area (Å²) in [5, 5.41) is 27.4. The first-order valence-corrected chi connectivity index (χ1v) is 5.49. The molecule has 1 rings (SSSR count). The van der Waals surface area contributed by atoms with Crippen LogP contribution in [0.2, 0.25) is 0 Å². The van der Waals surface area contributed by atoms with Crippen molar-refractivity contribution in [2.45, 2.75) is 27.7 Å². The SMILES string of the molecule is CC1=C(C#N)C(C)(C)C(C#N)=C(C)N1CC(=O)O. The Bertz CT molecular complexity index is 502. The second kappa shape index (κ2) is 4.54. The predicted molar refractivity (Wildman–Crippen MR) is 64.7 cm³/mol. The van der Waals surface area contributed by atoms with Crippen LogP contribution in [0.25, 0.3) is 0 Å². The summed E-state index contributed by atoms with van der Waals surface area (Å²) in [6, 6.07) is 4.18. The molecule has 0 unspecified atom stereocenters. The van der Waals surface area contributed by atoms with E-state index >= 15 is 0 Å². The minimum Gasteiger partial charge on any atom is -0.480 e. The zero-order valence-corrected chi connectivity index (χ0v) is 10.9. The second-order valence-corrected chi connectivity index (χ2v) is 4.75. The van der Waals surface area contributed by atoms with E-state index in [2.05, 4.69) is 12.1 Å². The molecule has 5 nitrogen and oxygen atoms in total. The van der Waals surface area contributed by atoms with E-state index in [1.165, 1.54) is 4.90 Å². The molecular formula is C13H15N3O2. The Labute approximate surface area is 106 Å². The molecule has 94 valence electrons. The fourth-order valence-electron chi connectivity index (χ4n) is 2.36.